The lowest BCUT2D eigenvalue weighted by atomic mass is 9.80. The summed E-state index contributed by atoms with van der Waals surface area (Å²) in [6.45, 7) is 0.780. The molecule has 0 saturated carbocycles. The molecule has 120 valence electrons. The molecule has 0 aliphatic heterocycles. The van der Waals surface area contributed by atoms with Crippen molar-refractivity contribution in [3.8, 4) is 0 Å². The van der Waals surface area contributed by atoms with E-state index in [1.54, 1.807) is 19.2 Å². The third kappa shape index (κ3) is 5.43. The van der Waals surface area contributed by atoms with Crippen LogP contribution in [0.1, 0.15) is 11.1 Å². The first-order valence-electron chi connectivity index (χ1n) is 7.43. The molecular weight excluding hydrogens is 293 g/mol. The Morgan fingerprint density at radius 1 is 1.04 bits per heavy atom. The molecular formula is C17H20BNO4. The number of rotatable bonds is 6. The number of carbonyl (C=O) groups is 1. The van der Waals surface area contributed by atoms with Crippen molar-refractivity contribution < 1.29 is 19.6 Å². The highest BCUT2D eigenvalue weighted by Gasteiger charge is 2.12. The van der Waals surface area contributed by atoms with Gasteiger partial charge in [0.05, 0.1) is 0 Å². The standard InChI is InChI=1S/C17H20BNO4/c1-19(17(20)23-13-15-5-3-2-4-6-15)12-11-14-7-9-16(10-8-14)18(21)22/h2-10,21-22H,11-13H2,1H3. The normalized spacial score (nSPS) is 10.2. The number of nitrogens with zero attached hydrogens (tertiary/aromatic N) is 1. The molecule has 0 heterocycles. The van der Waals surface area contributed by atoms with E-state index in [1.807, 2.05) is 42.5 Å². The zero-order valence-corrected chi connectivity index (χ0v) is 13.1. The highest BCUT2D eigenvalue weighted by Crippen LogP contribution is 2.04. The van der Waals surface area contributed by atoms with Crippen LogP contribution in [0.3, 0.4) is 0 Å². The van der Waals surface area contributed by atoms with E-state index in [0.717, 1.165) is 11.1 Å². The van der Waals surface area contributed by atoms with Crippen LogP contribution in [0.4, 0.5) is 4.79 Å². The van der Waals surface area contributed by atoms with Crippen molar-refractivity contribution in [1.29, 1.82) is 0 Å². The summed E-state index contributed by atoms with van der Waals surface area (Å²) in [5, 5.41) is 18.1. The minimum absolute atomic E-state index is 0.257. The van der Waals surface area contributed by atoms with Crippen LogP contribution in [0.25, 0.3) is 0 Å². The van der Waals surface area contributed by atoms with Crippen molar-refractivity contribution in [3.63, 3.8) is 0 Å². The van der Waals surface area contributed by atoms with E-state index in [1.165, 1.54) is 4.90 Å². The molecule has 0 saturated heterocycles. The van der Waals surface area contributed by atoms with Crippen molar-refractivity contribution >= 4 is 18.7 Å². The summed E-state index contributed by atoms with van der Waals surface area (Å²) in [6, 6.07) is 16.5. The summed E-state index contributed by atoms with van der Waals surface area (Å²) in [6.07, 6.45) is 0.301. The number of likely N-dealkylation sites (N-methyl/N-ethyl adjacent to an activating group) is 1. The van der Waals surface area contributed by atoms with Crippen LogP contribution in [0.5, 0.6) is 0 Å². The van der Waals surface area contributed by atoms with Crippen molar-refractivity contribution in [1.82, 2.24) is 4.90 Å². The fourth-order valence-corrected chi connectivity index (χ4v) is 2.07. The summed E-state index contributed by atoms with van der Waals surface area (Å²) in [7, 11) is 0.235. The molecule has 0 atom stereocenters. The number of amides is 1. The molecule has 2 aromatic carbocycles. The van der Waals surface area contributed by atoms with Gasteiger partial charge >= 0.3 is 13.2 Å². The minimum Gasteiger partial charge on any atom is -0.445 e. The third-order valence-electron chi connectivity index (χ3n) is 3.53. The molecule has 0 spiro atoms. The quantitative estimate of drug-likeness (QED) is 0.786. The van der Waals surface area contributed by atoms with Gasteiger partial charge in [0.15, 0.2) is 0 Å². The second-order valence-electron chi connectivity index (χ2n) is 5.33. The Labute approximate surface area is 136 Å². The SMILES string of the molecule is CN(CCc1ccc(B(O)O)cc1)C(=O)OCc1ccccc1. The van der Waals surface area contributed by atoms with E-state index in [-0.39, 0.29) is 12.7 Å². The van der Waals surface area contributed by atoms with E-state index in [4.69, 9.17) is 14.8 Å². The first kappa shape index (κ1) is 17.1. The second kappa shape index (κ2) is 8.36. The molecule has 1 amide bonds. The van der Waals surface area contributed by atoms with Crippen LogP contribution in [0, 0.1) is 0 Å². The summed E-state index contributed by atoms with van der Waals surface area (Å²) in [4.78, 5) is 13.4. The van der Waals surface area contributed by atoms with E-state index in [9.17, 15) is 4.79 Å². The summed E-state index contributed by atoms with van der Waals surface area (Å²) < 4.78 is 5.25. The van der Waals surface area contributed by atoms with Gasteiger partial charge in [-0.2, -0.15) is 0 Å². The van der Waals surface area contributed by atoms with Crippen LogP contribution in [-0.4, -0.2) is 41.8 Å². The number of hydrogen-bond donors (Lipinski definition) is 2. The summed E-state index contributed by atoms with van der Waals surface area (Å²) >= 11 is 0. The molecule has 2 rings (SSSR count). The fraction of sp³-hybridized carbons (Fsp3) is 0.235. The molecule has 23 heavy (non-hydrogen) atoms. The molecule has 0 fully saturated rings. The van der Waals surface area contributed by atoms with Crippen LogP contribution < -0.4 is 5.46 Å². The second-order valence-corrected chi connectivity index (χ2v) is 5.33. The van der Waals surface area contributed by atoms with Gasteiger partial charge in [0.1, 0.15) is 6.61 Å². The smallest absolute Gasteiger partial charge is 0.445 e. The fourth-order valence-electron chi connectivity index (χ4n) is 2.07. The topological polar surface area (TPSA) is 70.0 Å². The number of hydrogen-bond acceptors (Lipinski definition) is 4. The van der Waals surface area contributed by atoms with E-state index < -0.39 is 7.12 Å². The van der Waals surface area contributed by atoms with Crippen molar-refractivity contribution in [2.45, 2.75) is 13.0 Å². The average Bonchev–Trinajstić information content (AvgIpc) is 2.58. The van der Waals surface area contributed by atoms with Gasteiger partial charge in [-0.05, 0) is 23.0 Å². The van der Waals surface area contributed by atoms with Crippen LogP contribution >= 0.6 is 0 Å². The monoisotopic (exact) mass is 313 g/mol. The third-order valence-corrected chi connectivity index (χ3v) is 3.53. The molecule has 0 aromatic heterocycles. The maximum atomic E-state index is 11.9. The lowest BCUT2D eigenvalue weighted by molar-refractivity contribution is 0.105. The Morgan fingerprint density at radius 2 is 1.70 bits per heavy atom. The van der Waals surface area contributed by atoms with Gasteiger partial charge in [0, 0.05) is 13.6 Å². The zero-order valence-electron chi connectivity index (χ0n) is 13.1. The first-order chi connectivity index (χ1) is 11.1. The molecule has 0 unspecified atom stereocenters. The summed E-state index contributed by atoms with van der Waals surface area (Å²) in [5.74, 6) is 0. The molecule has 5 nitrogen and oxygen atoms in total. The predicted octanol–water partition coefficient (Wildman–Crippen LogP) is 1.18. The Balaban J connectivity index is 1.77. The molecule has 0 aliphatic carbocycles. The zero-order chi connectivity index (χ0) is 16.7. The van der Waals surface area contributed by atoms with E-state index in [2.05, 4.69) is 0 Å². The van der Waals surface area contributed by atoms with Crippen LogP contribution in [0.15, 0.2) is 54.6 Å². The van der Waals surface area contributed by atoms with Gasteiger partial charge in [-0.25, -0.2) is 4.79 Å². The highest BCUT2D eigenvalue weighted by molar-refractivity contribution is 6.58. The molecule has 0 bridgehead atoms. The molecule has 0 radical (unpaired) electrons. The number of benzene rings is 2. The largest absolute Gasteiger partial charge is 0.488 e. The van der Waals surface area contributed by atoms with Gasteiger partial charge < -0.3 is 19.7 Å². The average molecular weight is 313 g/mol. The first-order valence-corrected chi connectivity index (χ1v) is 7.43. The highest BCUT2D eigenvalue weighted by atomic mass is 16.6. The van der Waals surface area contributed by atoms with Crippen LogP contribution in [-0.2, 0) is 17.8 Å². The van der Waals surface area contributed by atoms with E-state index in [0.29, 0.717) is 18.4 Å². The van der Waals surface area contributed by atoms with Gasteiger partial charge in [0.2, 0.25) is 0 Å². The van der Waals surface area contributed by atoms with Gasteiger partial charge in [-0.3, -0.25) is 0 Å². The number of ether oxygens (including phenoxy) is 1. The molecule has 6 heteroatoms. The molecule has 0 aliphatic rings. The van der Waals surface area contributed by atoms with E-state index >= 15 is 0 Å². The van der Waals surface area contributed by atoms with Gasteiger partial charge in [-0.1, -0.05) is 54.6 Å². The maximum absolute atomic E-state index is 11.9. The Morgan fingerprint density at radius 3 is 2.30 bits per heavy atom. The molecule has 2 N–H and O–H groups in total. The minimum atomic E-state index is -1.46. The van der Waals surface area contributed by atoms with Crippen molar-refractivity contribution in [2.24, 2.45) is 0 Å². The lowest BCUT2D eigenvalue weighted by Crippen LogP contribution is -2.30. The molecule has 2 aromatic rings. The van der Waals surface area contributed by atoms with Crippen LogP contribution in [0.2, 0.25) is 0 Å². The Kier molecular flexibility index (Phi) is 6.20. The Bertz CT molecular complexity index is 616. The van der Waals surface area contributed by atoms with Gasteiger partial charge in [0.25, 0.3) is 0 Å². The van der Waals surface area contributed by atoms with Crippen molar-refractivity contribution in [2.75, 3.05) is 13.6 Å². The lowest BCUT2D eigenvalue weighted by Gasteiger charge is -2.17. The maximum Gasteiger partial charge on any atom is 0.488 e. The van der Waals surface area contributed by atoms with Crippen molar-refractivity contribution in [3.05, 3.63) is 65.7 Å². The predicted molar refractivity (Wildman–Crippen MR) is 89.2 cm³/mol. The Hall–Kier alpha value is -2.31. The number of carbonyl (C=O) groups excluding carboxylic acids is 1. The van der Waals surface area contributed by atoms with Gasteiger partial charge in [-0.15, -0.1) is 0 Å². The summed E-state index contributed by atoms with van der Waals surface area (Å²) in [5.41, 5.74) is 2.41.